The van der Waals surface area contributed by atoms with Crippen LogP contribution in [0.15, 0.2) is 28.7 Å². The van der Waals surface area contributed by atoms with Crippen LogP contribution in [0.1, 0.15) is 13.8 Å². The number of hydrogen-bond acceptors (Lipinski definition) is 3. The Labute approximate surface area is 110 Å². The molecule has 0 heterocycles. The van der Waals surface area contributed by atoms with Crippen molar-refractivity contribution in [3.63, 3.8) is 0 Å². The first kappa shape index (κ1) is 14.0. The van der Waals surface area contributed by atoms with Crippen LogP contribution in [0.25, 0.3) is 0 Å². The van der Waals surface area contributed by atoms with Crippen LogP contribution in [0, 0.1) is 0 Å². The largest absolute Gasteiger partial charge is 0.489 e. The fourth-order valence-corrected chi connectivity index (χ4v) is 1.46. The first-order valence-electron chi connectivity index (χ1n) is 5.44. The molecule has 0 aliphatic rings. The maximum atomic E-state index is 11.2. The predicted molar refractivity (Wildman–Crippen MR) is 70.9 cm³/mol. The third kappa shape index (κ3) is 5.19. The highest BCUT2D eigenvalue weighted by atomic mass is 79.9. The molecular formula is C12H17BrN2O2. The third-order valence-electron chi connectivity index (χ3n) is 2.13. The first-order valence-corrected chi connectivity index (χ1v) is 6.24. The Kier molecular flexibility index (Phi) is 5.44. The summed E-state index contributed by atoms with van der Waals surface area (Å²) in [7, 11) is 0. The second kappa shape index (κ2) is 6.61. The van der Waals surface area contributed by atoms with Crippen LogP contribution in [0.5, 0.6) is 5.75 Å². The minimum atomic E-state index is -0.491. The van der Waals surface area contributed by atoms with E-state index in [4.69, 9.17) is 10.5 Å². The molecule has 0 spiro atoms. The number of carbonyl (C=O) groups is 1. The average Bonchev–Trinajstić information content (AvgIpc) is 2.29. The lowest BCUT2D eigenvalue weighted by molar-refractivity contribution is -0.122. The molecule has 1 amide bonds. The van der Waals surface area contributed by atoms with Crippen LogP contribution in [0.3, 0.4) is 0 Å². The number of halogens is 1. The fourth-order valence-electron chi connectivity index (χ4n) is 1.19. The Morgan fingerprint density at radius 2 is 2.00 bits per heavy atom. The van der Waals surface area contributed by atoms with Gasteiger partial charge < -0.3 is 15.8 Å². The highest BCUT2D eigenvalue weighted by Gasteiger charge is 2.09. The predicted octanol–water partition coefficient (Wildman–Crippen LogP) is 1.68. The number of rotatable bonds is 5. The molecule has 1 aromatic rings. The molecule has 94 valence electrons. The zero-order valence-corrected chi connectivity index (χ0v) is 11.5. The molecule has 0 aliphatic carbocycles. The average molecular weight is 301 g/mol. The van der Waals surface area contributed by atoms with Gasteiger partial charge in [-0.2, -0.15) is 0 Å². The molecule has 1 unspecified atom stereocenters. The number of nitrogens with two attached hydrogens (primary N) is 1. The molecule has 4 nitrogen and oxygen atoms in total. The van der Waals surface area contributed by atoms with Crippen molar-refractivity contribution in [1.82, 2.24) is 5.32 Å². The molecular weight excluding hydrogens is 284 g/mol. The van der Waals surface area contributed by atoms with E-state index >= 15 is 0 Å². The van der Waals surface area contributed by atoms with Crippen LogP contribution >= 0.6 is 15.9 Å². The monoisotopic (exact) mass is 300 g/mol. The lowest BCUT2D eigenvalue weighted by Crippen LogP contribution is -2.42. The maximum Gasteiger partial charge on any atom is 0.236 e. The van der Waals surface area contributed by atoms with Gasteiger partial charge in [0.1, 0.15) is 11.9 Å². The van der Waals surface area contributed by atoms with Crippen molar-refractivity contribution >= 4 is 21.8 Å². The summed E-state index contributed by atoms with van der Waals surface area (Å²) in [4.78, 5) is 11.2. The third-order valence-corrected chi connectivity index (χ3v) is 2.66. The second-order valence-electron chi connectivity index (χ2n) is 3.92. The van der Waals surface area contributed by atoms with Gasteiger partial charge >= 0.3 is 0 Å². The summed E-state index contributed by atoms with van der Waals surface area (Å²) in [6.07, 6.45) is -0.0983. The zero-order valence-electron chi connectivity index (χ0n) is 9.94. The molecule has 3 N–H and O–H groups in total. The molecule has 0 bridgehead atoms. The Hall–Kier alpha value is -1.07. The lowest BCUT2D eigenvalue weighted by atomic mass is 10.3. The number of amides is 1. The van der Waals surface area contributed by atoms with Crippen molar-refractivity contribution in [1.29, 1.82) is 0 Å². The quantitative estimate of drug-likeness (QED) is 0.869. The Balaban J connectivity index is 2.37. The summed E-state index contributed by atoms with van der Waals surface area (Å²) in [5, 5.41) is 2.72. The van der Waals surface area contributed by atoms with Gasteiger partial charge in [0, 0.05) is 4.47 Å². The molecule has 5 heteroatoms. The molecule has 2 atom stereocenters. The SMILES string of the molecule is CC(CNC(=O)[C@@H](C)N)Oc1ccc(Br)cc1. The van der Waals surface area contributed by atoms with E-state index in [2.05, 4.69) is 21.2 Å². The van der Waals surface area contributed by atoms with Crippen molar-refractivity contribution < 1.29 is 9.53 Å². The molecule has 1 rings (SSSR count). The first-order chi connectivity index (χ1) is 7.99. The van der Waals surface area contributed by atoms with Gasteiger partial charge in [0.25, 0.3) is 0 Å². The van der Waals surface area contributed by atoms with Crippen molar-refractivity contribution in [2.45, 2.75) is 26.0 Å². The molecule has 0 saturated heterocycles. The summed E-state index contributed by atoms with van der Waals surface area (Å²) in [5.41, 5.74) is 5.43. The molecule has 0 saturated carbocycles. The molecule has 0 radical (unpaired) electrons. The minimum Gasteiger partial charge on any atom is -0.489 e. The Morgan fingerprint density at radius 1 is 1.41 bits per heavy atom. The smallest absolute Gasteiger partial charge is 0.236 e. The number of benzene rings is 1. The van der Waals surface area contributed by atoms with Gasteiger partial charge in [0.05, 0.1) is 12.6 Å². The molecule has 0 fully saturated rings. The maximum absolute atomic E-state index is 11.2. The van der Waals surface area contributed by atoms with Crippen molar-refractivity contribution in [3.05, 3.63) is 28.7 Å². The highest BCUT2D eigenvalue weighted by molar-refractivity contribution is 9.10. The van der Waals surface area contributed by atoms with Gasteiger partial charge in [-0.25, -0.2) is 0 Å². The Morgan fingerprint density at radius 3 is 2.53 bits per heavy atom. The van der Waals surface area contributed by atoms with Crippen molar-refractivity contribution in [3.8, 4) is 5.75 Å². The van der Waals surface area contributed by atoms with E-state index in [-0.39, 0.29) is 12.0 Å². The summed E-state index contributed by atoms with van der Waals surface area (Å²) >= 11 is 3.35. The summed E-state index contributed by atoms with van der Waals surface area (Å²) in [6.45, 7) is 3.98. The van der Waals surface area contributed by atoms with Crippen LogP contribution in [-0.4, -0.2) is 24.6 Å². The minimum absolute atomic E-state index is 0.0983. The molecule has 17 heavy (non-hydrogen) atoms. The fraction of sp³-hybridized carbons (Fsp3) is 0.417. The highest BCUT2D eigenvalue weighted by Crippen LogP contribution is 2.17. The Bertz CT molecular complexity index is 365. The van der Waals surface area contributed by atoms with E-state index in [1.165, 1.54) is 0 Å². The molecule has 0 aliphatic heterocycles. The van der Waals surface area contributed by atoms with E-state index in [0.29, 0.717) is 6.54 Å². The topological polar surface area (TPSA) is 64.4 Å². The zero-order chi connectivity index (χ0) is 12.8. The van der Waals surface area contributed by atoms with Crippen LogP contribution in [0.4, 0.5) is 0 Å². The van der Waals surface area contributed by atoms with Gasteiger partial charge in [-0.1, -0.05) is 15.9 Å². The normalized spacial score (nSPS) is 13.9. The summed E-state index contributed by atoms with van der Waals surface area (Å²) in [6, 6.07) is 7.06. The van der Waals surface area contributed by atoms with Gasteiger partial charge in [-0.15, -0.1) is 0 Å². The number of hydrogen-bond donors (Lipinski definition) is 2. The van der Waals surface area contributed by atoms with E-state index in [9.17, 15) is 4.79 Å². The van der Waals surface area contributed by atoms with Gasteiger partial charge in [-0.05, 0) is 38.1 Å². The second-order valence-corrected chi connectivity index (χ2v) is 4.83. The summed E-state index contributed by atoms with van der Waals surface area (Å²) < 4.78 is 6.63. The van der Waals surface area contributed by atoms with Crippen molar-refractivity contribution in [2.75, 3.05) is 6.54 Å². The number of ether oxygens (including phenoxy) is 1. The van der Waals surface area contributed by atoms with E-state index in [1.54, 1.807) is 6.92 Å². The molecule has 1 aromatic carbocycles. The van der Waals surface area contributed by atoms with Crippen LogP contribution < -0.4 is 15.8 Å². The summed E-state index contributed by atoms with van der Waals surface area (Å²) in [5.74, 6) is 0.604. The van der Waals surface area contributed by atoms with E-state index in [1.807, 2.05) is 31.2 Å². The van der Waals surface area contributed by atoms with Crippen LogP contribution in [-0.2, 0) is 4.79 Å². The van der Waals surface area contributed by atoms with E-state index < -0.39 is 6.04 Å². The standard InChI is InChI=1S/C12H17BrN2O2/c1-8(7-15-12(16)9(2)14)17-11-5-3-10(13)4-6-11/h3-6,8-9H,7,14H2,1-2H3,(H,15,16)/t8?,9-/m1/s1. The van der Waals surface area contributed by atoms with Crippen LogP contribution in [0.2, 0.25) is 0 Å². The van der Waals surface area contributed by atoms with Gasteiger partial charge in [0.15, 0.2) is 0 Å². The number of nitrogens with one attached hydrogen (secondary N) is 1. The van der Waals surface area contributed by atoms with Gasteiger partial charge in [-0.3, -0.25) is 4.79 Å². The van der Waals surface area contributed by atoms with Gasteiger partial charge in [0.2, 0.25) is 5.91 Å². The molecule has 0 aromatic heterocycles. The lowest BCUT2D eigenvalue weighted by Gasteiger charge is -2.16. The van der Waals surface area contributed by atoms with Crippen molar-refractivity contribution in [2.24, 2.45) is 5.73 Å². The van der Waals surface area contributed by atoms with E-state index in [0.717, 1.165) is 10.2 Å². The number of carbonyl (C=O) groups excluding carboxylic acids is 1.